The fraction of sp³-hybridized carbons (Fsp3) is 0. The van der Waals surface area contributed by atoms with Crippen molar-refractivity contribution in [3.05, 3.63) is 200 Å². The van der Waals surface area contributed by atoms with Crippen molar-refractivity contribution in [1.29, 1.82) is 0 Å². The zero-order valence-corrected chi connectivity index (χ0v) is 28.4. The molecule has 10 rings (SSSR count). The van der Waals surface area contributed by atoms with Gasteiger partial charge in [-0.1, -0.05) is 158 Å². The Kier molecular flexibility index (Phi) is 7.18. The molecule has 0 amide bonds. The van der Waals surface area contributed by atoms with Gasteiger partial charge in [0.1, 0.15) is 11.2 Å². The third kappa shape index (κ3) is 5.04. The molecule has 0 spiro atoms. The number of para-hydroxylation sites is 2. The second-order valence-electron chi connectivity index (χ2n) is 13.3. The molecule has 2 nitrogen and oxygen atoms in total. The zero-order chi connectivity index (χ0) is 34.4. The SMILES string of the molecule is c1ccc(-c2ccccc2N(c2ccc(-c3ccc4ccccc4c3)cc2)c2ccccc2-c2cccc3oc4c5ccccc5ccc4c23)cc1. The lowest BCUT2D eigenvalue weighted by Crippen LogP contribution is -2.12. The molecule has 0 N–H and O–H groups in total. The second kappa shape index (κ2) is 12.5. The number of rotatable bonds is 6. The van der Waals surface area contributed by atoms with Crippen LogP contribution in [0.3, 0.4) is 0 Å². The molecular formula is C50H33NO. The Balaban J connectivity index is 1.19. The number of anilines is 3. The van der Waals surface area contributed by atoms with Crippen molar-refractivity contribution < 1.29 is 4.42 Å². The first-order valence-corrected chi connectivity index (χ1v) is 17.8. The van der Waals surface area contributed by atoms with Gasteiger partial charge >= 0.3 is 0 Å². The van der Waals surface area contributed by atoms with Crippen LogP contribution in [0, 0.1) is 0 Å². The number of benzene rings is 9. The molecule has 2 heteroatoms. The first kappa shape index (κ1) is 30.0. The van der Waals surface area contributed by atoms with E-state index in [9.17, 15) is 0 Å². The Morgan fingerprint density at radius 3 is 1.79 bits per heavy atom. The van der Waals surface area contributed by atoms with Crippen molar-refractivity contribution in [3.8, 4) is 33.4 Å². The summed E-state index contributed by atoms with van der Waals surface area (Å²) >= 11 is 0. The van der Waals surface area contributed by atoms with Crippen LogP contribution in [0.15, 0.2) is 205 Å². The van der Waals surface area contributed by atoms with Gasteiger partial charge in [-0.2, -0.15) is 0 Å². The van der Waals surface area contributed by atoms with Crippen LogP contribution in [0.2, 0.25) is 0 Å². The summed E-state index contributed by atoms with van der Waals surface area (Å²) in [5.74, 6) is 0. The van der Waals surface area contributed by atoms with Gasteiger partial charge in [0.05, 0.1) is 11.4 Å². The molecule has 0 saturated heterocycles. The molecule has 1 heterocycles. The molecular weight excluding hydrogens is 631 g/mol. The lowest BCUT2D eigenvalue weighted by atomic mass is 9.95. The predicted molar refractivity (Wildman–Crippen MR) is 220 cm³/mol. The normalized spacial score (nSPS) is 11.5. The third-order valence-electron chi connectivity index (χ3n) is 10.3. The highest BCUT2D eigenvalue weighted by atomic mass is 16.3. The predicted octanol–water partition coefficient (Wildman–Crippen LogP) is 14.4. The Bertz CT molecular complexity index is 2900. The van der Waals surface area contributed by atoms with Gasteiger partial charge in [0.2, 0.25) is 0 Å². The largest absolute Gasteiger partial charge is 0.455 e. The molecule has 0 bridgehead atoms. The minimum absolute atomic E-state index is 0.884. The smallest absolute Gasteiger partial charge is 0.143 e. The molecule has 0 radical (unpaired) electrons. The maximum absolute atomic E-state index is 6.64. The number of hydrogen-bond donors (Lipinski definition) is 0. The summed E-state index contributed by atoms with van der Waals surface area (Å²) in [5.41, 5.74) is 12.1. The van der Waals surface area contributed by atoms with Crippen molar-refractivity contribution in [2.45, 2.75) is 0 Å². The monoisotopic (exact) mass is 663 g/mol. The Morgan fingerprint density at radius 1 is 0.346 bits per heavy atom. The molecule has 0 atom stereocenters. The minimum atomic E-state index is 0.884. The van der Waals surface area contributed by atoms with Crippen LogP contribution in [-0.4, -0.2) is 0 Å². The van der Waals surface area contributed by atoms with Gasteiger partial charge in [0.15, 0.2) is 0 Å². The fourth-order valence-electron chi connectivity index (χ4n) is 7.78. The lowest BCUT2D eigenvalue weighted by molar-refractivity contribution is 0.673. The average Bonchev–Trinajstić information content (AvgIpc) is 3.62. The van der Waals surface area contributed by atoms with Crippen LogP contribution in [0.1, 0.15) is 0 Å². The van der Waals surface area contributed by atoms with E-state index in [1.807, 2.05) is 0 Å². The zero-order valence-electron chi connectivity index (χ0n) is 28.4. The third-order valence-corrected chi connectivity index (χ3v) is 10.3. The highest BCUT2D eigenvalue weighted by Crippen LogP contribution is 2.47. The molecule has 9 aromatic carbocycles. The van der Waals surface area contributed by atoms with E-state index in [0.29, 0.717) is 0 Å². The van der Waals surface area contributed by atoms with Crippen molar-refractivity contribution in [3.63, 3.8) is 0 Å². The average molecular weight is 664 g/mol. The van der Waals surface area contributed by atoms with Crippen molar-refractivity contribution in [2.24, 2.45) is 0 Å². The maximum Gasteiger partial charge on any atom is 0.143 e. The molecule has 0 aliphatic carbocycles. The summed E-state index contributed by atoms with van der Waals surface area (Å²) in [6.07, 6.45) is 0. The highest BCUT2D eigenvalue weighted by Gasteiger charge is 2.22. The van der Waals surface area contributed by atoms with E-state index in [1.54, 1.807) is 0 Å². The van der Waals surface area contributed by atoms with Crippen LogP contribution in [0.5, 0.6) is 0 Å². The van der Waals surface area contributed by atoms with Crippen LogP contribution in [-0.2, 0) is 0 Å². The summed E-state index contributed by atoms with van der Waals surface area (Å²) in [4.78, 5) is 2.42. The van der Waals surface area contributed by atoms with Gasteiger partial charge in [0, 0.05) is 33.0 Å². The molecule has 0 unspecified atom stereocenters. The molecule has 1 aromatic heterocycles. The van der Waals surface area contributed by atoms with Gasteiger partial charge in [-0.15, -0.1) is 0 Å². The van der Waals surface area contributed by atoms with E-state index in [0.717, 1.165) is 61.1 Å². The van der Waals surface area contributed by atoms with Crippen molar-refractivity contribution in [1.82, 2.24) is 0 Å². The molecule has 0 fully saturated rings. The summed E-state index contributed by atoms with van der Waals surface area (Å²) in [6.45, 7) is 0. The van der Waals surface area contributed by atoms with Gasteiger partial charge in [-0.25, -0.2) is 0 Å². The molecule has 52 heavy (non-hydrogen) atoms. The maximum atomic E-state index is 6.64. The van der Waals surface area contributed by atoms with Crippen LogP contribution < -0.4 is 4.90 Å². The van der Waals surface area contributed by atoms with Crippen LogP contribution >= 0.6 is 0 Å². The number of hydrogen-bond acceptors (Lipinski definition) is 2. The number of nitrogens with zero attached hydrogens (tertiary/aromatic N) is 1. The Hall–Kier alpha value is -6.90. The van der Waals surface area contributed by atoms with Crippen molar-refractivity contribution in [2.75, 3.05) is 4.90 Å². The van der Waals surface area contributed by atoms with Gasteiger partial charge in [-0.3, -0.25) is 0 Å². The van der Waals surface area contributed by atoms with E-state index < -0.39 is 0 Å². The lowest BCUT2D eigenvalue weighted by Gasteiger charge is -2.30. The first-order valence-electron chi connectivity index (χ1n) is 17.8. The van der Waals surface area contributed by atoms with Gasteiger partial charge < -0.3 is 9.32 Å². The van der Waals surface area contributed by atoms with Crippen LogP contribution in [0.4, 0.5) is 17.1 Å². The highest BCUT2D eigenvalue weighted by molar-refractivity contribution is 6.19. The number of furan rings is 1. The van der Waals surface area contributed by atoms with E-state index in [2.05, 4.69) is 205 Å². The van der Waals surface area contributed by atoms with E-state index in [-0.39, 0.29) is 0 Å². The van der Waals surface area contributed by atoms with Crippen molar-refractivity contribution >= 4 is 60.5 Å². The summed E-state index contributed by atoms with van der Waals surface area (Å²) < 4.78 is 6.64. The Labute approximate surface area is 302 Å². The number of fused-ring (bicyclic) bond motifs is 6. The van der Waals surface area contributed by atoms with Crippen LogP contribution in [0.25, 0.3) is 76.9 Å². The molecule has 0 saturated carbocycles. The molecule has 10 aromatic rings. The molecule has 0 aliphatic rings. The minimum Gasteiger partial charge on any atom is -0.455 e. The second-order valence-corrected chi connectivity index (χ2v) is 13.3. The summed E-state index contributed by atoms with van der Waals surface area (Å²) in [7, 11) is 0. The summed E-state index contributed by atoms with van der Waals surface area (Å²) in [5, 5.41) is 7.03. The topological polar surface area (TPSA) is 16.4 Å². The van der Waals surface area contributed by atoms with Gasteiger partial charge in [-0.05, 0) is 80.9 Å². The quantitative estimate of drug-likeness (QED) is 0.176. The van der Waals surface area contributed by atoms with E-state index >= 15 is 0 Å². The molecule has 244 valence electrons. The molecule has 0 aliphatic heterocycles. The van der Waals surface area contributed by atoms with Gasteiger partial charge in [0.25, 0.3) is 0 Å². The first-order chi connectivity index (χ1) is 25.8. The van der Waals surface area contributed by atoms with E-state index in [4.69, 9.17) is 4.42 Å². The van der Waals surface area contributed by atoms with E-state index in [1.165, 1.54) is 32.8 Å². The fourth-order valence-corrected chi connectivity index (χ4v) is 7.78. The Morgan fingerprint density at radius 2 is 0.962 bits per heavy atom. The standard InChI is InChI=1S/C50H33NO/c1-2-14-36(15-3-1)41-18-8-10-22-46(41)51(40-30-27-35(28-31-40)39-26-25-34-13-4-5-17-38(34)33-39)47-23-11-9-20-43(47)44-21-12-24-48-49(44)45-32-29-37-16-6-7-19-42(37)50(45)52-48/h1-33H. The summed E-state index contributed by atoms with van der Waals surface area (Å²) in [6, 6.07) is 71.7.